The highest BCUT2D eigenvalue weighted by Gasteiger charge is 2.55. The third-order valence-corrected chi connectivity index (χ3v) is 13.3. The zero-order valence-electron chi connectivity index (χ0n) is 31.6. The van der Waals surface area contributed by atoms with Crippen LogP contribution in [0.2, 0.25) is 0 Å². The van der Waals surface area contributed by atoms with Crippen molar-refractivity contribution in [2.75, 3.05) is 4.90 Å². The number of fused-ring (bicyclic) bond motifs is 9. The van der Waals surface area contributed by atoms with Crippen molar-refractivity contribution in [1.82, 2.24) is 0 Å². The Hall–Kier alpha value is -5.60. The first-order valence-corrected chi connectivity index (χ1v) is 20.2. The number of hydrogen-bond acceptors (Lipinski definition) is 2. The molecule has 2 aliphatic carbocycles. The van der Waals surface area contributed by atoms with Crippen molar-refractivity contribution in [3.63, 3.8) is 0 Å². The van der Waals surface area contributed by atoms with E-state index in [9.17, 15) is 0 Å². The highest BCUT2D eigenvalue weighted by Crippen LogP contribution is 2.63. The van der Waals surface area contributed by atoms with Gasteiger partial charge in [0, 0.05) is 32.9 Å². The van der Waals surface area contributed by atoms with Gasteiger partial charge in [-0.05, 0) is 118 Å². The van der Waals surface area contributed by atoms with Crippen molar-refractivity contribution in [2.45, 2.75) is 58.3 Å². The van der Waals surface area contributed by atoms with Crippen LogP contribution in [0.1, 0.15) is 64.0 Å². The molecule has 1 fully saturated rings. The van der Waals surface area contributed by atoms with Crippen LogP contribution in [-0.2, 0) is 5.41 Å². The Labute approximate surface area is 319 Å². The van der Waals surface area contributed by atoms with Crippen molar-refractivity contribution in [3.8, 4) is 22.3 Å². The van der Waals surface area contributed by atoms with Crippen LogP contribution in [0.3, 0.4) is 0 Å². The highest BCUT2D eigenvalue weighted by atomic mass is 16.3. The summed E-state index contributed by atoms with van der Waals surface area (Å²) >= 11 is 0. The summed E-state index contributed by atoms with van der Waals surface area (Å²) in [5.41, 5.74) is 13.9. The molecule has 1 saturated carbocycles. The fraction of sp³-hybridized carbons (Fsp3) is 0.231. The molecule has 10 rings (SSSR count). The molecule has 1 heterocycles. The second-order valence-electron chi connectivity index (χ2n) is 15.8. The molecule has 1 aromatic heterocycles. The summed E-state index contributed by atoms with van der Waals surface area (Å²) in [7, 11) is 0. The minimum absolute atomic E-state index is 0.101. The van der Waals surface area contributed by atoms with Gasteiger partial charge in [0.25, 0.3) is 0 Å². The Balaban J connectivity index is 1.09. The predicted molar refractivity (Wildman–Crippen MR) is 228 cm³/mol. The van der Waals surface area contributed by atoms with Crippen molar-refractivity contribution in [1.29, 1.82) is 0 Å². The number of furan rings is 1. The molecule has 54 heavy (non-hydrogen) atoms. The number of hydrogen-bond donors (Lipinski definition) is 0. The van der Waals surface area contributed by atoms with E-state index in [1.807, 2.05) is 6.07 Å². The van der Waals surface area contributed by atoms with Gasteiger partial charge in [-0.25, -0.2) is 0 Å². The maximum Gasteiger partial charge on any atom is 0.135 e. The first-order chi connectivity index (χ1) is 26.6. The van der Waals surface area contributed by atoms with Gasteiger partial charge in [-0.1, -0.05) is 143 Å². The van der Waals surface area contributed by atoms with Gasteiger partial charge in [0.1, 0.15) is 11.2 Å². The van der Waals surface area contributed by atoms with Crippen LogP contribution in [0.25, 0.3) is 55.0 Å². The molecule has 8 aromatic rings. The van der Waals surface area contributed by atoms with Crippen molar-refractivity contribution in [2.24, 2.45) is 17.8 Å². The maximum absolute atomic E-state index is 6.24. The molecular formula is C52H47NO. The van der Waals surface area contributed by atoms with Gasteiger partial charge < -0.3 is 9.32 Å². The van der Waals surface area contributed by atoms with Crippen LogP contribution in [0.15, 0.2) is 156 Å². The number of anilines is 3. The first-order valence-electron chi connectivity index (χ1n) is 20.2. The standard InChI is InChI=1S/C52H47NO/c1-4-34-30-38(5-2)52(39(6-3)31-34)47-19-11-9-17-43(47)45-32-37(24-28-48(45)52)35-22-25-40(26-23-35)53(49-20-13-15-36-14-7-8-16-42(36)49)41-27-29-51-46(33-41)44-18-10-12-21-50(44)54-51/h7-29,32-34,38-39H,4-6,30-31H2,1-3H3. The molecule has 2 heteroatoms. The summed E-state index contributed by atoms with van der Waals surface area (Å²) in [6.07, 6.45) is 6.40. The fourth-order valence-corrected chi connectivity index (χ4v) is 10.8. The molecule has 0 N–H and O–H groups in total. The summed E-state index contributed by atoms with van der Waals surface area (Å²) < 4.78 is 6.24. The molecule has 2 nitrogen and oxygen atoms in total. The van der Waals surface area contributed by atoms with Gasteiger partial charge in [-0.2, -0.15) is 0 Å². The molecule has 0 bridgehead atoms. The van der Waals surface area contributed by atoms with Crippen LogP contribution in [0.4, 0.5) is 17.1 Å². The minimum Gasteiger partial charge on any atom is -0.456 e. The van der Waals surface area contributed by atoms with E-state index in [1.54, 1.807) is 11.1 Å². The number of benzene rings is 7. The smallest absolute Gasteiger partial charge is 0.135 e. The van der Waals surface area contributed by atoms with Crippen LogP contribution < -0.4 is 4.90 Å². The van der Waals surface area contributed by atoms with E-state index in [4.69, 9.17) is 4.42 Å². The van der Waals surface area contributed by atoms with Gasteiger partial charge in [0.05, 0.1) is 5.69 Å². The zero-order valence-corrected chi connectivity index (χ0v) is 31.6. The Bertz CT molecular complexity index is 2640. The van der Waals surface area contributed by atoms with E-state index in [2.05, 4.69) is 171 Å². The second-order valence-corrected chi connectivity index (χ2v) is 15.8. The predicted octanol–water partition coefficient (Wildman–Crippen LogP) is 15.0. The number of nitrogens with zero attached hydrogens (tertiary/aromatic N) is 1. The minimum atomic E-state index is 0.101. The average Bonchev–Trinajstić information content (AvgIpc) is 3.75. The van der Waals surface area contributed by atoms with Crippen molar-refractivity contribution in [3.05, 3.63) is 163 Å². The summed E-state index contributed by atoms with van der Waals surface area (Å²) in [6, 6.07) is 56.2. The monoisotopic (exact) mass is 701 g/mol. The molecule has 0 radical (unpaired) electrons. The second kappa shape index (κ2) is 13.1. The number of rotatable bonds is 7. The van der Waals surface area contributed by atoms with E-state index in [0.29, 0.717) is 11.8 Å². The summed E-state index contributed by atoms with van der Waals surface area (Å²) in [4.78, 5) is 2.40. The largest absolute Gasteiger partial charge is 0.456 e. The zero-order chi connectivity index (χ0) is 36.4. The maximum atomic E-state index is 6.24. The third kappa shape index (κ3) is 4.92. The van der Waals surface area contributed by atoms with Crippen LogP contribution in [0.5, 0.6) is 0 Å². The van der Waals surface area contributed by atoms with E-state index in [-0.39, 0.29) is 5.41 Å². The SMILES string of the molecule is CCC1CC(CC)C2(c3ccccc3-c3cc(-c4ccc(N(c5ccc6oc7ccccc7c6c5)c5cccc6ccccc56)cc4)ccc32)C(CC)C1. The lowest BCUT2D eigenvalue weighted by atomic mass is 9.52. The average molecular weight is 702 g/mol. The number of para-hydroxylation sites is 1. The molecule has 2 unspecified atom stereocenters. The van der Waals surface area contributed by atoms with E-state index < -0.39 is 0 Å². The lowest BCUT2D eigenvalue weighted by molar-refractivity contribution is 0.0905. The Kier molecular flexibility index (Phi) is 7.98. The van der Waals surface area contributed by atoms with Gasteiger partial charge in [0.15, 0.2) is 0 Å². The summed E-state index contributed by atoms with van der Waals surface area (Å²) in [6.45, 7) is 7.27. The normalized spacial score (nSPS) is 20.5. The van der Waals surface area contributed by atoms with E-state index in [1.165, 1.54) is 65.1 Å². The lowest BCUT2D eigenvalue weighted by Crippen LogP contribution is -2.47. The molecule has 1 spiro atoms. The Morgan fingerprint density at radius 3 is 1.96 bits per heavy atom. The van der Waals surface area contributed by atoms with Crippen LogP contribution >= 0.6 is 0 Å². The molecule has 0 saturated heterocycles. The molecule has 0 amide bonds. The van der Waals surface area contributed by atoms with Gasteiger partial charge in [-0.3, -0.25) is 0 Å². The fourth-order valence-electron chi connectivity index (χ4n) is 10.8. The van der Waals surface area contributed by atoms with E-state index in [0.717, 1.165) is 44.9 Å². The van der Waals surface area contributed by atoms with Crippen molar-refractivity contribution >= 4 is 49.8 Å². The Morgan fingerprint density at radius 2 is 1.17 bits per heavy atom. The van der Waals surface area contributed by atoms with Crippen molar-refractivity contribution < 1.29 is 4.42 Å². The summed E-state index contributed by atoms with van der Waals surface area (Å²) in [5, 5.41) is 4.70. The highest BCUT2D eigenvalue weighted by molar-refractivity contribution is 6.07. The molecule has 266 valence electrons. The third-order valence-electron chi connectivity index (χ3n) is 13.3. The molecule has 2 aliphatic rings. The molecular weight excluding hydrogens is 655 g/mol. The quantitative estimate of drug-likeness (QED) is 0.164. The summed E-state index contributed by atoms with van der Waals surface area (Å²) in [5.74, 6) is 2.15. The Morgan fingerprint density at radius 1 is 0.519 bits per heavy atom. The molecule has 7 aromatic carbocycles. The van der Waals surface area contributed by atoms with E-state index >= 15 is 0 Å². The lowest BCUT2D eigenvalue weighted by Gasteiger charge is -2.51. The molecule has 0 aliphatic heterocycles. The van der Waals surface area contributed by atoms with Crippen LogP contribution in [0, 0.1) is 17.8 Å². The molecule has 2 atom stereocenters. The van der Waals surface area contributed by atoms with Gasteiger partial charge >= 0.3 is 0 Å². The first kappa shape index (κ1) is 33.0. The van der Waals surface area contributed by atoms with Gasteiger partial charge in [-0.15, -0.1) is 0 Å². The topological polar surface area (TPSA) is 16.4 Å². The van der Waals surface area contributed by atoms with Crippen LogP contribution in [-0.4, -0.2) is 0 Å². The van der Waals surface area contributed by atoms with Gasteiger partial charge in [0.2, 0.25) is 0 Å².